The van der Waals surface area contributed by atoms with E-state index in [2.05, 4.69) is 36.5 Å². The van der Waals surface area contributed by atoms with Crippen LogP contribution < -0.4 is 11.1 Å². The molecule has 2 rings (SSSR count). The smallest absolute Gasteiger partial charge is 0.251 e. The number of aryl methyl sites for hydroxylation is 1. The highest BCUT2D eigenvalue weighted by Gasteiger charge is 2.03. The zero-order valence-corrected chi connectivity index (χ0v) is 11.0. The van der Waals surface area contributed by atoms with Gasteiger partial charge in [-0.3, -0.25) is 4.79 Å². The summed E-state index contributed by atoms with van der Waals surface area (Å²) in [5.74, 6) is -0.0629. The van der Waals surface area contributed by atoms with Gasteiger partial charge in [0.15, 0.2) is 0 Å². The normalized spacial score (nSPS) is 10.2. The molecule has 0 saturated heterocycles. The van der Waals surface area contributed by atoms with Crippen molar-refractivity contribution in [2.45, 2.75) is 13.3 Å². The van der Waals surface area contributed by atoms with Gasteiger partial charge in [0.1, 0.15) is 0 Å². The number of anilines is 1. The van der Waals surface area contributed by atoms with Crippen LogP contribution >= 0.6 is 0 Å². The summed E-state index contributed by atoms with van der Waals surface area (Å²) < 4.78 is 0. The minimum atomic E-state index is -0.0629. The maximum Gasteiger partial charge on any atom is 0.251 e. The van der Waals surface area contributed by atoms with Crippen molar-refractivity contribution in [2.75, 3.05) is 12.3 Å². The number of carbonyl (C=O) groups excluding carboxylic acids is 1. The van der Waals surface area contributed by atoms with Gasteiger partial charge < -0.3 is 11.1 Å². The first-order valence-electron chi connectivity index (χ1n) is 6.34. The molecule has 19 heavy (non-hydrogen) atoms. The zero-order chi connectivity index (χ0) is 13.7. The number of hydrogen-bond donors (Lipinski definition) is 2. The molecule has 0 aliphatic heterocycles. The lowest BCUT2D eigenvalue weighted by atomic mass is 10.1. The monoisotopic (exact) mass is 254 g/mol. The molecule has 0 fully saturated rings. The summed E-state index contributed by atoms with van der Waals surface area (Å²) in [6, 6.07) is 15.3. The van der Waals surface area contributed by atoms with Crippen LogP contribution in [0.4, 0.5) is 5.69 Å². The lowest BCUT2D eigenvalue weighted by Gasteiger charge is -2.06. The molecule has 0 aliphatic rings. The first kappa shape index (κ1) is 13.1. The second-order valence-electron chi connectivity index (χ2n) is 4.61. The van der Waals surface area contributed by atoms with E-state index < -0.39 is 0 Å². The number of hydrogen-bond acceptors (Lipinski definition) is 2. The van der Waals surface area contributed by atoms with Gasteiger partial charge >= 0.3 is 0 Å². The lowest BCUT2D eigenvalue weighted by Crippen LogP contribution is -2.25. The first-order chi connectivity index (χ1) is 9.15. The summed E-state index contributed by atoms with van der Waals surface area (Å²) in [7, 11) is 0. The average molecular weight is 254 g/mol. The van der Waals surface area contributed by atoms with E-state index in [1.807, 2.05) is 0 Å². The summed E-state index contributed by atoms with van der Waals surface area (Å²) >= 11 is 0. The van der Waals surface area contributed by atoms with Crippen LogP contribution in [0.25, 0.3) is 0 Å². The highest BCUT2D eigenvalue weighted by molar-refractivity contribution is 5.94. The molecule has 98 valence electrons. The van der Waals surface area contributed by atoms with E-state index in [0.29, 0.717) is 17.8 Å². The first-order valence-corrected chi connectivity index (χ1v) is 6.34. The molecule has 0 aromatic heterocycles. The van der Waals surface area contributed by atoms with Crippen molar-refractivity contribution in [3.63, 3.8) is 0 Å². The molecular formula is C16H18N2O. The molecule has 0 bridgehead atoms. The fourth-order valence-corrected chi connectivity index (χ4v) is 1.81. The predicted octanol–water partition coefficient (Wildman–Crippen LogP) is 2.55. The standard InChI is InChI=1S/C16H18N2O/c1-12-2-4-13(5-3-12)10-11-18-16(19)14-6-8-15(17)9-7-14/h2-9H,10-11,17H2,1H3,(H,18,19). The van der Waals surface area contributed by atoms with E-state index in [1.165, 1.54) is 11.1 Å². The van der Waals surface area contributed by atoms with Crippen molar-refractivity contribution in [1.82, 2.24) is 5.32 Å². The van der Waals surface area contributed by atoms with E-state index in [-0.39, 0.29) is 5.91 Å². The second kappa shape index (κ2) is 6.05. The van der Waals surface area contributed by atoms with Crippen LogP contribution in [-0.4, -0.2) is 12.5 Å². The van der Waals surface area contributed by atoms with Gasteiger partial charge in [0.25, 0.3) is 5.91 Å². The fourth-order valence-electron chi connectivity index (χ4n) is 1.81. The van der Waals surface area contributed by atoms with Gasteiger partial charge in [-0.05, 0) is 43.2 Å². The molecule has 0 heterocycles. The Morgan fingerprint density at radius 3 is 2.32 bits per heavy atom. The van der Waals surface area contributed by atoms with Crippen LogP contribution in [0.2, 0.25) is 0 Å². The van der Waals surface area contributed by atoms with Crippen LogP contribution in [0.15, 0.2) is 48.5 Å². The van der Waals surface area contributed by atoms with Crippen LogP contribution in [0, 0.1) is 6.92 Å². The third kappa shape index (κ3) is 3.85. The molecule has 0 spiro atoms. The minimum Gasteiger partial charge on any atom is -0.399 e. The van der Waals surface area contributed by atoms with E-state index >= 15 is 0 Å². The summed E-state index contributed by atoms with van der Waals surface area (Å²) in [4.78, 5) is 11.8. The Hall–Kier alpha value is -2.29. The van der Waals surface area contributed by atoms with Crippen molar-refractivity contribution in [3.05, 3.63) is 65.2 Å². The van der Waals surface area contributed by atoms with Crippen LogP contribution in [-0.2, 0) is 6.42 Å². The number of benzene rings is 2. The molecule has 0 atom stereocenters. The SMILES string of the molecule is Cc1ccc(CCNC(=O)c2ccc(N)cc2)cc1. The number of carbonyl (C=O) groups is 1. The number of nitrogen functional groups attached to an aromatic ring is 1. The molecule has 1 amide bonds. The van der Waals surface area contributed by atoms with Crippen molar-refractivity contribution in [3.8, 4) is 0 Å². The topological polar surface area (TPSA) is 55.1 Å². The van der Waals surface area contributed by atoms with E-state index in [1.54, 1.807) is 24.3 Å². The molecule has 2 aromatic carbocycles. The Kier molecular flexibility index (Phi) is 4.18. The molecule has 0 saturated carbocycles. The summed E-state index contributed by atoms with van der Waals surface area (Å²) in [5.41, 5.74) is 9.35. The Bertz CT molecular complexity index is 544. The number of nitrogens with two attached hydrogens (primary N) is 1. The molecule has 3 nitrogen and oxygen atoms in total. The quantitative estimate of drug-likeness (QED) is 0.824. The summed E-state index contributed by atoms with van der Waals surface area (Å²) in [6.45, 7) is 2.69. The molecule has 0 radical (unpaired) electrons. The Morgan fingerprint density at radius 2 is 1.68 bits per heavy atom. The third-order valence-electron chi connectivity index (χ3n) is 2.99. The van der Waals surface area contributed by atoms with Crippen molar-refractivity contribution in [2.24, 2.45) is 0 Å². The van der Waals surface area contributed by atoms with Crippen LogP contribution in [0.1, 0.15) is 21.5 Å². The van der Waals surface area contributed by atoms with Crippen molar-refractivity contribution < 1.29 is 4.79 Å². The van der Waals surface area contributed by atoms with E-state index in [9.17, 15) is 4.79 Å². The third-order valence-corrected chi connectivity index (χ3v) is 2.99. The van der Waals surface area contributed by atoms with Crippen LogP contribution in [0.5, 0.6) is 0 Å². The van der Waals surface area contributed by atoms with Gasteiger partial charge in [0.2, 0.25) is 0 Å². The molecule has 0 aliphatic carbocycles. The van der Waals surface area contributed by atoms with Gasteiger partial charge in [-0.25, -0.2) is 0 Å². The van der Waals surface area contributed by atoms with Gasteiger partial charge in [-0.1, -0.05) is 29.8 Å². The fraction of sp³-hybridized carbons (Fsp3) is 0.188. The van der Waals surface area contributed by atoms with Gasteiger partial charge in [-0.2, -0.15) is 0 Å². The Morgan fingerprint density at radius 1 is 1.05 bits per heavy atom. The Labute approximate surface area is 113 Å². The molecule has 3 heteroatoms. The summed E-state index contributed by atoms with van der Waals surface area (Å²) in [5, 5.41) is 2.90. The van der Waals surface area contributed by atoms with E-state index in [0.717, 1.165) is 6.42 Å². The van der Waals surface area contributed by atoms with Gasteiger partial charge in [0, 0.05) is 17.8 Å². The van der Waals surface area contributed by atoms with Gasteiger partial charge in [-0.15, -0.1) is 0 Å². The van der Waals surface area contributed by atoms with Crippen molar-refractivity contribution >= 4 is 11.6 Å². The lowest BCUT2D eigenvalue weighted by molar-refractivity contribution is 0.0954. The van der Waals surface area contributed by atoms with E-state index in [4.69, 9.17) is 5.73 Å². The Balaban J connectivity index is 1.84. The van der Waals surface area contributed by atoms with Gasteiger partial charge in [0.05, 0.1) is 0 Å². The maximum absolute atomic E-state index is 11.8. The average Bonchev–Trinajstić information content (AvgIpc) is 2.41. The molecular weight excluding hydrogens is 236 g/mol. The predicted molar refractivity (Wildman–Crippen MR) is 78.1 cm³/mol. The van der Waals surface area contributed by atoms with Crippen molar-refractivity contribution in [1.29, 1.82) is 0 Å². The molecule has 3 N–H and O–H groups in total. The maximum atomic E-state index is 11.8. The van der Waals surface area contributed by atoms with Crippen LogP contribution in [0.3, 0.4) is 0 Å². The molecule has 0 unspecified atom stereocenters. The second-order valence-corrected chi connectivity index (χ2v) is 4.61. The molecule has 2 aromatic rings. The highest BCUT2D eigenvalue weighted by atomic mass is 16.1. The number of nitrogens with one attached hydrogen (secondary N) is 1. The zero-order valence-electron chi connectivity index (χ0n) is 11.0. The number of amides is 1. The minimum absolute atomic E-state index is 0.0629. The largest absolute Gasteiger partial charge is 0.399 e. The number of rotatable bonds is 4. The summed E-state index contributed by atoms with van der Waals surface area (Å²) in [6.07, 6.45) is 0.834. The highest BCUT2D eigenvalue weighted by Crippen LogP contribution is 2.06.